The highest BCUT2D eigenvalue weighted by Gasteiger charge is 2.06. The lowest BCUT2D eigenvalue weighted by molar-refractivity contribution is 0.980. The first-order chi connectivity index (χ1) is 5.65. The molecule has 1 N–H and O–H groups in total. The van der Waals surface area contributed by atoms with Crippen LogP contribution in [0, 0.1) is 6.92 Å². The molecule has 0 fully saturated rings. The normalized spacial score (nSPS) is 12.7. The molecule has 0 saturated carbocycles. The number of anilines is 1. The molecule has 0 aliphatic rings. The summed E-state index contributed by atoms with van der Waals surface area (Å²) >= 11 is 0. The van der Waals surface area contributed by atoms with Crippen LogP contribution < -0.4 is 5.32 Å². The van der Waals surface area contributed by atoms with E-state index in [1.807, 2.05) is 20.2 Å². The zero-order valence-corrected chi connectivity index (χ0v) is 8.78. The molecule has 1 aromatic rings. The van der Waals surface area contributed by atoms with Crippen LogP contribution in [0.15, 0.2) is 6.20 Å². The quantitative estimate of drug-likeness (QED) is 0.710. The fraction of sp³-hybridized carbons (Fsp3) is 0.500. The number of aryl methyl sites for hydroxylation is 1. The van der Waals surface area contributed by atoms with Crippen molar-refractivity contribution in [2.45, 2.75) is 19.5 Å². The summed E-state index contributed by atoms with van der Waals surface area (Å²) in [5.41, 5.74) is 1.51. The van der Waals surface area contributed by atoms with Crippen molar-refractivity contribution in [1.29, 1.82) is 0 Å². The van der Waals surface area contributed by atoms with Crippen LogP contribution in [0.4, 0.5) is 5.82 Å². The second-order valence-electron chi connectivity index (χ2n) is 2.76. The van der Waals surface area contributed by atoms with Crippen molar-refractivity contribution in [3.63, 3.8) is 0 Å². The van der Waals surface area contributed by atoms with Gasteiger partial charge in [0, 0.05) is 24.5 Å². The van der Waals surface area contributed by atoms with E-state index in [9.17, 15) is 0 Å². The third kappa shape index (κ3) is 1.92. The van der Waals surface area contributed by atoms with Crippen LogP contribution in [0.2, 0.25) is 0 Å². The highest BCUT2D eigenvalue weighted by molar-refractivity contribution is 7.17. The number of rotatable bonds is 2. The molecule has 0 aliphatic carbocycles. The lowest BCUT2D eigenvalue weighted by atomic mass is 10.2. The second kappa shape index (κ2) is 3.81. The van der Waals surface area contributed by atoms with Crippen molar-refractivity contribution in [3.05, 3.63) is 17.6 Å². The summed E-state index contributed by atoms with van der Waals surface area (Å²) in [6.07, 6.45) is 1.87. The van der Waals surface area contributed by atoms with Gasteiger partial charge >= 0.3 is 0 Å². The topological polar surface area (TPSA) is 37.8 Å². The van der Waals surface area contributed by atoms with Crippen LogP contribution in [0.1, 0.15) is 24.0 Å². The summed E-state index contributed by atoms with van der Waals surface area (Å²) in [5.74, 6) is 1.72. The molecule has 1 aromatic heterocycles. The van der Waals surface area contributed by atoms with Crippen LogP contribution >= 0.6 is 9.24 Å². The van der Waals surface area contributed by atoms with Crippen molar-refractivity contribution < 1.29 is 0 Å². The maximum atomic E-state index is 4.28. The molecule has 1 rings (SSSR count). The molecule has 12 heavy (non-hydrogen) atoms. The van der Waals surface area contributed by atoms with Crippen molar-refractivity contribution in [2.75, 3.05) is 12.4 Å². The minimum atomic E-state index is 0.382. The highest BCUT2D eigenvalue weighted by atomic mass is 31.0. The molecule has 0 saturated heterocycles. The maximum Gasteiger partial charge on any atom is 0.133 e. The average Bonchev–Trinajstić information content (AvgIpc) is 2.03. The van der Waals surface area contributed by atoms with Crippen LogP contribution in [-0.2, 0) is 0 Å². The Hall–Kier alpha value is -0.690. The highest BCUT2D eigenvalue weighted by Crippen LogP contribution is 2.26. The number of nitrogens with one attached hydrogen (secondary N) is 1. The van der Waals surface area contributed by atoms with Gasteiger partial charge in [0.05, 0.1) is 0 Å². The largest absolute Gasteiger partial charge is 0.373 e. The van der Waals surface area contributed by atoms with Gasteiger partial charge < -0.3 is 5.32 Å². The molecule has 0 spiro atoms. The Balaban J connectivity index is 3.11. The first kappa shape index (κ1) is 9.40. The Labute approximate surface area is 75.2 Å². The van der Waals surface area contributed by atoms with E-state index in [2.05, 4.69) is 31.4 Å². The van der Waals surface area contributed by atoms with Crippen molar-refractivity contribution in [2.24, 2.45) is 0 Å². The van der Waals surface area contributed by atoms with E-state index >= 15 is 0 Å². The van der Waals surface area contributed by atoms with Gasteiger partial charge in [0.25, 0.3) is 0 Å². The molecule has 0 radical (unpaired) electrons. The Kier molecular flexibility index (Phi) is 2.99. The van der Waals surface area contributed by atoms with Gasteiger partial charge in [-0.05, 0) is 6.92 Å². The van der Waals surface area contributed by atoms with Crippen LogP contribution in [0.3, 0.4) is 0 Å². The van der Waals surface area contributed by atoms with Gasteiger partial charge in [-0.15, -0.1) is 9.24 Å². The molecule has 2 atom stereocenters. The lowest BCUT2D eigenvalue weighted by Crippen LogP contribution is -2.02. The van der Waals surface area contributed by atoms with Crippen LogP contribution in [0.5, 0.6) is 0 Å². The molecule has 3 nitrogen and oxygen atoms in total. The van der Waals surface area contributed by atoms with Crippen molar-refractivity contribution in [1.82, 2.24) is 9.97 Å². The second-order valence-corrected chi connectivity index (χ2v) is 3.76. The van der Waals surface area contributed by atoms with Gasteiger partial charge in [0.2, 0.25) is 0 Å². The molecule has 0 aliphatic heterocycles. The monoisotopic (exact) mass is 183 g/mol. The number of nitrogens with zero attached hydrogens (tertiary/aromatic N) is 2. The molecular formula is C8H14N3P. The lowest BCUT2D eigenvalue weighted by Gasteiger charge is -2.10. The smallest absolute Gasteiger partial charge is 0.133 e. The first-order valence-corrected chi connectivity index (χ1v) is 4.58. The van der Waals surface area contributed by atoms with E-state index in [0.29, 0.717) is 5.66 Å². The predicted molar refractivity (Wildman–Crippen MR) is 54.4 cm³/mol. The molecular weight excluding hydrogens is 169 g/mol. The van der Waals surface area contributed by atoms with Gasteiger partial charge in [-0.25, -0.2) is 9.97 Å². The van der Waals surface area contributed by atoms with Gasteiger partial charge in [-0.1, -0.05) is 6.92 Å². The van der Waals surface area contributed by atoms with Crippen LogP contribution in [-0.4, -0.2) is 17.0 Å². The zero-order valence-electron chi connectivity index (χ0n) is 7.63. The molecule has 2 unspecified atom stereocenters. The van der Waals surface area contributed by atoms with Crippen molar-refractivity contribution >= 4 is 15.1 Å². The minimum Gasteiger partial charge on any atom is -0.373 e. The van der Waals surface area contributed by atoms with E-state index in [1.165, 1.54) is 0 Å². The third-order valence-electron chi connectivity index (χ3n) is 1.66. The Morgan fingerprint density at radius 1 is 1.58 bits per heavy atom. The van der Waals surface area contributed by atoms with E-state index in [1.54, 1.807) is 0 Å². The molecule has 1 heterocycles. The predicted octanol–water partition coefficient (Wildman–Crippen LogP) is 1.76. The number of hydrogen-bond acceptors (Lipinski definition) is 3. The van der Waals surface area contributed by atoms with E-state index in [4.69, 9.17) is 0 Å². The minimum absolute atomic E-state index is 0.382. The van der Waals surface area contributed by atoms with Gasteiger partial charge in [0.15, 0.2) is 0 Å². The maximum absolute atomic E-state index is 4.28. The van der Waals surface area contributed by atoms with E-state index < -0.39 is 0 Å². The number of hydrogen-bond donors (Lipinski definition) is 1. The van der Waals surface area contributed by atoms with Crippen LogP contribution in [0.25, 0.3) is 0 Å². The molecule has 0 aromatic carbocycles. The Morgan fingerprint density at radius 3 is 2.75 bits per heavy atom. The fourth-order valence-electron chi connectivity index (χ4n) is 1.01. The molecule has 0 bridgehead atoms. The third-order valence-corrected chi connectivity index (χ3v) is 2.02. The van der Waals surface area contributed by atoms with E-state index in [-0.39, 0.29) is 0 Å². The molecule has 0 amide bonds. The van der Waals surface area contributed by atoms with Crippen molar-refractivity contribution in [3.8, 4) is 0 Å². The Morgan fingerprint density at radius 2 is 2.25 bits per heavy atom. The zero-order chi connectivity index (χ0) is 9.14. The molecule has 4 heteroatoms. The average molecular weight is 183 g/mol. The van der Waals surface area contributed by atoms with E-state index in [0.717, 1.165) is 17.2 Å². The number of aromatic nitrogens is 2. The van der Waals surface area contributed by atoms with Gasteiger partial charge in [-0.3, -0.25) is 0 Å². The summed E-state index contributed by atoms with van der Waals surface area (Å²) in [6.45, 7) is 3.98. The summed E-state index contributed by atoms with van der Waals surface area (Å²) in [6, 6.07) is 0. The Bertz CT molecular complexity index is 273. The summed E-state index contributed by atoms with van der Waals surface area (Å²) in [5, 5.41) is 3.05. The SMILES string of the molecule is CNc1nc(C)ncc1C(C)P. The fourth-order valence-corrected chi connectivity index (χ4v) is 1.26. The summed E-state index contributed by atoms with van der Waals surface area (Å²) in [4.78, 5) is 8.42. The summed E-state index contributed by atoms with van der Waals surface area (Å²) in [7, 11) is 4.60. The van der Waals surface area contributed by atoms with Gasteiger partial charge in [0.1, 0.15) is 11.6 Å². The summed E-state index contributed by atoms with van der Waals surface area (Å²) < 4.78 is 0. The van der Waals surface area contributed by atoms with Gasteiger partial charge in [-0.2, -0.15) is 0 Å². The standard InChI is InChI=1S/C8H14N3P/c1-5(12)7-4-10-6(2)11-8(7)9-3/h4-5H,12H2,1-3H3,(H,9,10,11). The first-order valence-electron chi connectivity index (χ1n) is 3.92. The molecule has 66 valence electrons.